The van der Waals surface area contributed by atoms with Gasteiger partial charge in [0.05, 0.1) is 12.8 Å². The number of aromatic nitrogens is 2. The third-order valence-electron chi connectivity index (χ3n) is 2.16. The van der Waals surface area contributed by atoms with Crippen molar-refractivity contribution in [3.63, 3.8) is 0 Å². The van der Waals surface area contributed by atoms with Gasteiger partial charge in [-0.1, -0.05) is 41.4 Å². The number of hydrogen-bond acceptors (Lipinski definition) is 3. The molecule has 1 heterocycles. The van der Waals surface area contributed by atoms with E-state index in [4.69, 9.17) is 27.9 Å². The van der Waals surface area contributed by atoms with Crippen molar-refractivity contribution in [2.24, 2.45) is 0 Å². The van der Waals surface area contributed by atoms with Crippen LogP contribution in [0.15, 0.2) is 35.1 Å². The number of para-hydroxylation sites is 1. The highest BCUT2D eigenvalue weighted by Gasteiger charge is 2.15. The molecule has 0 atom stereocenters. The van der Waals surface area contributed by atoms with Crippen LogP contribution in [0.25, 0.3) is 5.69 Å². The lowest BCUT2D eigenvalue weighted by molar-refractivity contribution is 0.410. The van der Waals surface area contributed by atoms with Crippen LogP contribution in [0.2, 0.25) is 10.2 Å². The maximum atomic E-state index is 11.9. The van der Waals surface area contributed by atoms with E-state index < -0.39 is 5.56 Å². The Kier molecular flexibility index (Phi) is 3.36. The van der Waals surface area contributed by atoms with Crippen LogP contribution in [0, 0.1) is 0 Å². The van der Waals surface area contributed by atoms with Crippen molar-refractivity contribution >= 4 is 23.2 Å². The zero-order valence-electron chi connectivity index (χ0n) is 8.85. The number of nitrogens with zero attached hydrogens (tertiary/aromatic N) is 2. The predicted molar refractivity (Wildman–Crippen MR) is 66.4 cm³/mol. The van der Waals surface area contributed by atoms with Gasteiger partial charge < -0.3 is 4.74 Å². The molecule has 88 valence electrons. The van der Waals surface area contributed by atoms with Crippen molar-refractivity contribution in [2.75, 3.05) is 7.11 Å². The molecule has 0 fully saturated rings. The van der Waals surface area contributed by atoms with Crippen molar-refractivity contribution < 1.29 is 4.74 Å². The van der Waals surface area contributed by atoms with Gasteiger partial charge in [0, 0.05) is 0 Å². The number of benzene rings is 1. The number of ether oxygens (including phenoxy) is 1. The molecule has 0 bridgehead atoms. The second kappa shape index (κ2) is 4.77. The van der Waals surface area contributed by atoms with Gasteiger partial charge in [-0.3, -0.25) is 4.79 Å². The number of hydrogen-bond donors (Lipinski definition) is 0. The third-order valence-corrected chi connectivity index (χ3v) is 2.74. The topological polar surface area (TPSA) is 44.1 Å². The largest absolute Gasteiger partial charge is 0.492 e. The molecule has 0 aliphatic heterocycles. The van der Waals surface area contributed by atoms with Gasteiger partial charge in [-0.15, -0.1) is 5.10 Å². The van der Waals surface area contributed by atoms with E-state index >= 15 is 0 Å². The molecule has 0 aliphatic rings. The molecule has 0 saturated carbocycles. The zero-order valence-corrected chi connectivity index (χ0v) is 10.4. The first-order valence-electron chi connectivity index (χ1n) is 4.73. The number of methoxy groups -OCH3 is 1. The smallest absolute Gasteiger partial charge is 0.294 e. The lowest BCUT2D eigenvalue weighted by Crippen LogP contribution is -2.22. The number of rotatable bonds is 2. The summed E-state index contributed by atoms with van der Waals surface area (Å²) in [5.41, 5.74) is 0.114. The van der Waals surface area contributed by atoms with E-state index in [9.17, 15) is 4.79 Å². The average Bonchev–Trinajstić information content (AvgIpc) is 2.35. The van der Waals surface area contributed by atoms with E-state index in [-0.39, 0.29) is 15.9 Å². The Hall–Kier alpha value is -1.52. The fourth-order valence-electron chi connectivity index (χ4n) is 1.38. The summed E-state index contributed by atoms with van der Waals surface area (Å²) >= 11 is 11.7. The van der Waals surface area contributed by atoms with Gasteiger partial charge >= 0.3 is 0 Å². The van der Waals surface area contributed by atoms with Gasteiger partial charge in [0.25, 0.3) is 5.56 Å². The average molecular weight is 271 g/mol. The minimum absolute atomic E-state index is 0.0425. The van der Waals surface area contributed by atoms with Crippen molar-refractivity contribution in [3.05, 3.63) is 50.9 Å². The van der Waals surface area contributed by atoms with Crippen LogP contribution in [-0.4, -0.2) is 16.9 Å². The van der Waals surface area contributed by atoms with Crippen LogP contribution < -0.4 is 10.3 Å². The van der Waals surface area contributed by atoms with Crippen LogP contribution in [0.1, 0.15) is 0 Å². The summed E-state index contributed by atoms with van der Waals surface area (Å²) in [7, 11) is 1.38. The van der Waals surface area contributed by atoms with E-state index in [0.29, 0.717) is 5.69 Å². The summed E-state index contributed by atoms with van der Waals surface area (Å²) in [6.07, 6.45) is 0. The first kappa shape index (κ1) is 12.0. The Morgan fingerprint density at radius 1 is 1.24 bits per heavy atom. The summed E-state index contributed by atoms with van der Waals surface area (Å²) in [4.78, 5) is 11.9. The van der Waals surface area contributed by atoms with E-state index in [2.05, 4.69) is 5.10 Å². The molecule has 2 rings (SSSR count). The molecule has 0 spiro atoms. The van der Waals surface area contributed by atoms with Crippen LogP contribution >= 0.6 is 23.2 Å². The first-order chi connectivity index (χ1) is 8.15. The van der Waals surface area contributed by atoms with Crippen molar-refractivity contribution in [2.45, 2.75) is 0 Å². The van der Waals surface area contributed by atoms with Crippen molar-refractivity contribution in [1.29, 1.82) is 0 Å². The standard InChI is InChI=1S/C11H8Cl2N2O2/c1-17-9-8(12)11(16)15(14-10(9)13)7-5-3-2-4-6-7/h2-6H,1H3. The summed E-state index contributed by atoms with van der Waals surface area (Å²) in [5.74, 6) is 0.0884. The lowest BCUT2D eigenvalue weighted by Gasteiger charge is -2.08. The van der Waals surface area contributed by atoms with Crippen LogP contribution in [-0.2, 0) is 0 Å². The van der Waals surface area contributed by atoms with Gasteiger partial charge in [-0.05, 0) is 12.1 Å². The molecule has 1 aromatic heterocycles. The van der Waals surface area contributed by atoms with E-state index in [1.165, 1.54) is 7.11 Å². The van der Waals surface area contributed by atoms with Crippen LogP contribution in [0.4, 0.5) is 0 Å². The second-order valence-corrected chi connectivity index (χ2v) is 3.93. The van der Waals surface area contributed by atoms with E-state index in [1.807, 2.05) is 6.07 Å². The molecule has 0 aliphatic carbocycles. The van der Waals surface area contributed by atoms with Gasteiger partial charge in [-0.25, -0.2) is 0 Å². The molecule has 6 heteroatoms. The predicted octanol–water partition coefficient (Wildman–Crippen LogP) is 2.55. The second-order valence-electron chi connectivity index (χ2n) is 3.19. The Labute approximate surface area is 107 Å². The minimum atomic E-state index is -0.473. The van der Waals surface area contributed by atoms with Gasteiger partial charge in [0.1, 0.15) is 0 Å². The minimum Gasteiger partial charge on any atom is -0.492 e. The summed E-state index contributed by atoms with van der Waals surface area (Å²) < 4.78 is 6.04. The first-order valence-corrected chi connectivity index (χ1v) is 5.48. The van der Waals surface area contributed by atoms with E-state index in [0.717, 1.165) is 4.68 Å². The molecular weight excluding hydrogens is 263 g/mol. The number of halogens is 2. The van der Waals surface area contributed by atoms with E-state index in [1.54, 1.807) is 24.3 Å². The quantitative estimate of drug-likeness (QED) is 0.843. The van der Waals surface area contributed by atoms with Crippen LogP contribution in [0.3, 0.4) is 0 Å². The summed E-state index contributed by atoms with van der Waals surface area (Å²) in [6.45, 7) is 0. The Balaban J connectivity index is 2.70. The molecule has 17 heavy (non-hydrogen) atoms. The Morgan fingerprint density at radius 3 is 2.47 bits per heavy atom. The van der Waals surface area contributed by atoms with Gasteiger partial charge in [0.15, 0.2) is 15.9 Å². The zero-order chi connectivity index (χ0) is 12.4. The molecule has 1 aromatic carbocycles. The highest BCUT2D eigenvalue weighted by atomic mass is 35.5. The molecule has 4 nitrogen and oxygen atoms in total. The Morgan fingerprint density at radius 2 is 1.88 bits per heavy atom. The SMILES string of the molecule is COc1c(Cl)nn(-c2ccccc2)c(=O)c1Cl. The Bertz CT molecular complexity index is 596. The molecule has 2 aromatic rings. The lowest BCUT2D eigenvalue weighted by atomic mass is 10.3. The van der Waals surface area contributed by atoms with Gasteiger partial charge in [-0.2, -0.15) is 4.68 Å². The molecule has 0 N–H and O–H groups in total. The van der Waals surface area contributed by atoms with Gasteiger partial charge in [0.2, 0.25) is 0 Å². The maximum Gasteiger partial charge on any atom is 0.294 e. The summed E-state index contributed by atoms with van der Waals surface area (Å²) in [5, 5.41) is 3.89. The molecule has 0 saturated heterocycles. The maximum absolute atomic E-state index is 11.9. The third kappa shape index (κ3) is 2.14. The molecule has 0 radical (unpaired) electrons. The van der Waals surface area contributed by atoms with Crippen LogP contribution in [0.5, 0.6) is 5.75 Å². The van der Waals surface area contributed by atoms with Crippen molar-refractivity contribution in [1.82, 2.24) is 9.78 Å². The summed E-state index contributed by atoms with van der Waals surface area (Å²) in [6, 6.07) is 8.87. The molecule has 0 unspecified atom stereocenters. The highest BCUT2D eigenvalue weighted by molar-refractivity contribution is 6.36. The fourth-order valence-corrected chi connectivity index (χ4v) is 1.92. The molecule has 0 amide bonds. The normalized spacial score (nSPS) is 10.3. The monoisotopic (exact) mass is 270 g/mol. The fraction of sp³-hybridized carbons (Fsp3) is 0.0909. The molecular formula is C11H8Cl2N2O2. The van der Waals surface area contributed by atoms with Crippen molar-refractivity contribution in [3.8, 4) is 11.4 Å². The highest BCUT2D eigenvalue weighted by Crippen LogP contribution is 2.27.